The molecule has 0 saturated carbocycles. The summed E-state index contributed by atoms with van der Waals surface area (Å²) in [7, 11) is 0. The number of aromatic hydroxyl groups is 1. The molecule has 1 unspecified atom stereocenters. The van der Waals surface area contributed by atoms with Crippen LogP contribution in [0.5, 0.6) is 23.0 Å². The number of thiocarbonyl (C=S) groups is 1. The number of carbonyl (C=O) groups excluding carboxylic acids is 1. The average Bonchev–Trinajstić information content (AvgIpc) is 3.18. The molecule has 1 amide bonds. The average molecular weight is 550 g/mol. The summed E-state index contributed by atoms with van der Waals surface area (Å²) in [4.78, 5) is 12.5. The normalized spacial score (nSPS) is 15.1. The number of benzene rings is 3. The Labute approximate surface area is 222 Å². The molecule has 3 aromatic rings. The predicted molar refractivity (Wildman–Crippen MR) is 144 cm³/mol. The van der Waals surface area contributed by atoms with E-state index in [4.69, 9.17) is 44.9 Å². The smallest absolute Gasteiger partial charge is 0.252 e. The summed E-state index contributed by atoms with van der Waals surface area (Å²) >= 11 is 19.2. The van der Waals surface area contributed by atoms with Gasteiger partial charge in [-0.05, 0) is 79.3 Å². The molecule has 35 heavy (non-hydrogen) atoms. The van der Waals surface area contributed by atoms with Crippen molar-refractivity contribution < 1.29 is 19.4 Å². The van der Waals surface area contributed by atoms with Gasteiger partial charge < -0.3 is 19.9 Å². The van der Waals surface area contributed by atoms with Crippen molar-refractivity contribution >= 4 is 63.9 Å². The highest BCUT2D eigenvalue weighted by molar-refractivity contribution is 8.00. The molecule has 0 radical (unpaired) electrons. The van der Waals surface area contributed by atoms with Crippen LogP contribution in [0, 0.1) is 0 Å². The number of halogens is 2. The number of anilines is 1. The second kappa shape index (κ2) is 11.3. The third kappa shape index (κ3) is 6.24. The number of carbonyl (C=O) groups is 1. The summed E-state index contributed by atoms with van der Waals surface area (Å²) in [5.74, 6) is 1.64. The van der Waals surface area contributed by atoms with Gasteiger partial charge in [0.15, 0.2) is 16.6 Å². The molecular formula is C24H21Cl2N3O4S2. The number of phenols is 1. The molecule has 1 atom stereocenters. The van der Waals surface area contributed by atoms with Gasteiger partial charge in [0.05, 0.1) is 17.4 Å². The van der Waals surface area contributed by atoms with Crippen LogP contribution < -0.4 is 20.2 Å². The molecule has 3 aromatic carbocycles. The summed E-state index contributed by atoms with van der Waals surface area (Å²) < 4.78 is 11.3. The Morgan fingerprint density at radius 2 is 1.91 bits per heavy atom. The quantitative estimate of drug-likeness (QED) is 0.293. The maximum Gasteiger partial charge on any atom is 0.252 e. The van der Waals surface area contributed by atoms with Crippen LogP contribution in [0.1, 0.15) is 17.9 Å². The minimum Gasteiger partial charge on any atom is -0.504 e. The molecule has 0 aliphatic carbocycles. The molecule has 1 aliphatic heterocycles. The number of ether oxygens (including phenoxy) is 2. The van der Waals surface area contributed by atoms with E-state index in [1.54, 1.807) is 60.7 Å². The molecule has 3 N–H and O–H groups in total. The van der Waals surface area contributed by atoms with Crippen LogP contribution in [0.2, 0.25) is 10.0 Å². The van der Waals surface area contributed by atoms with E-state index in [-0.39, 0.29) is 27.9 Å². The molecule has 0 bridgehead atoms. The Kier molecular flexibility index (Phi) is 8.12. The lowest BCUT2D eigenvalue weighted by molar-refractivity contribution is -0.129. The second-order valence-electron chi connectivity index (χ2n) is 7.35. The molecule has 1 fully saturated rings. The van der Waals surface area contributed by atoms with E-state index < -0.39 is 0 Å². The highest BCUT2D eigenvalue weighted by Gasteiger charge is 2.34. The zero-order valence-electron chi connectivity index (χ0n) is 18.5. The van der Waals surface area contributed by atoms with Gasteiger partial charge in [-0.1, -0.05) is 29.3 Å². The van der Waals surface area contributed by atoms with E-state index >= 15 is 0 Å². The molecule has 1 heterocycles. The van der Waals surface area contributed by atoms with Crippen molar-refractivity contribution in [2.24, 2.45) is 0 Å². The number of nitrogens with one attached hydrogen (secondary N) is 2. The molecule has 4 rings (SSSR count). The first-order valence-electron chi connectivity index (χ1n) is 10.5. The summed E-state index contributed by atoms with van der Waals surface area (Å²) in [5.41, 5.74) is 4.38. The lowest BCUT2D eigenvalue weighted by Crippen LogP contribution is -2.46. The number of hydrazine groups is 1. The van der Waals surface area contributed by atoms with E-state index in [1.165, 1.54) is 16.8 Å². The highest BCUT2D eigenvalue weighted by Crippen LogP contribution is 2.40. The largest absolute Gasteiger partial charge is 0.504 e. The summed E-state index contributed by atoms with van der Waals surface area (Å²) in [6.07, 6.45) is 0. The molecule has 0 aromatic heterocycles. The topological polar surface area (TPSA) is 83.1 Å². The first kappa shape index (κ1) is 25.2. The molecular weight excluding hydrogens is 529 g/mol. The van der Waals surface area contributed by atoms with E-state index in [0.29, 0.717) is 39.6 Å². The fourth-order valence-corrected chi connectivity index (χ4v) is 4.97. The number of nitrogens with zero attached hydrogens (tertiary/aromatic N) is 1. The fraction of sp³-hybridized carbons (Fsp3) is 0.167. The van der Waals surface area contributed by atoms with Crippen LogP contribution >= 0.6 is 47.2 Å². The van der Waals surface area contributed by atoms with E-state index in [0.717, 1.165) is 5.56 Å². The first-order chi connectivity index (χ1) is 16.8. The molecule has 182 valence electrons. The molecule has 7 nitrogen and oxygen atoms in total. The Bertz CT molecular complexity index is 1240. The Morgan fingerprint density at radius 3 is 2.63 bits per heavy atom. The monoisotopic (exact) mass is 549 g/mol. The second-order valence-corrected chi connectivity index (χ2v) is 9.67. The zero-order chi connectivity index (χ0) is 24.9. The number of hydrogen-bond acceptors (Lipinski definition) is 6. The van der Waals surface area contributed by atoms with Crippen molar-refractivity contribution in [3.63, 3.8) is 0 Å². The number of amides is 1. The van der Waals surface area contributed by atoms with Crippen molar-refractivity contribution in [3.8, 4) is 23.0 Å². The third-order valence-corrected chi connectivity index (χ3v) is 6.84. The molecule has 0 spiro atoms. The first-order valence-corrected chi connectivity index (χ1v) is 12.8. The predicted octanol–water partition coefficient (Wildman–Crippen LogP) is 6.37. The molecule has 1 aliphatic rings. The van der Waals surface area contributed by atoms with Crippen molar-refractivity contribution in [1.29, 1.82) is 0 Å². The van der Waals surface area contributed by atoms with Gasteiger partial charge in [0, 0.05) is 10.7 Å². The van der Waals surface area contributed by atoms with Crippen LogP contribution in [0.4, 0.5) is 5.69 Å². The van der Waals surface area contributed by atoms with Gasteiger partial charge in [-0.25, -0.2) is 5.01 Å². The minimum atomic E-state index is -0.346. The SMILES string of the molecule is CCOc1cc(C2SCC(=O)N2NC(=S)Nc2ccc(Oc3ccc(Cl)cc3)c(Cl)c2)ccc1O. The van der Waals surface area contributed by atoms with Crippen molar-refractivity contribution in [2.75, 3.05) is 17.7 Å². The summed E-state index contributed by atoms with van der Waals surface area (Å²) in [5, 5.41) is 15.4. The fourth-order valence-electron chi connectivity index (χ4n) is 3.31. The van der Waals surface area contributed by atoms with Crippen LogP contribution in [0.3, 0.4) is 0 Å². The Morgan fingerprint density at radius 1 is 1.14 bits per heavy atom. The highest BCUT2D eigenvalue weighted by atomic mass is 35.5. The van der Waals surface area contributed by atoms with Gasteiger partial charge in [0.25, 0.3) is 5.91 Å². The van der Waals surface area contributed by atoms with Gasteiger partial charge >= 0.3 is 0 Å². The molecule has 1 saturated heterocycles. The lowest BCUT2D eigenvalue weighted by atomic mass is 10.2. The summed E-state index contributed by atoms with van der Waals surface area (Å²) in [6.45, 7) is 2.25. The number of hydrogen-bond donors (Lipinski definition) is 3. The lowest BCUT2D eigenvalue weighted by Gasteiger charge is -2.26. The van der Waals surface area contributed by atoms with Crippen LogP contribution in [0.25, 0.3) is 0 Å². The standard InChI is InChI=1S/C24H21Cl2N3O4S2/c1-2-32-21-11-14(3-9-19(21)30)23-29(22(31)13-35-23)28-24(34)27-16-6-10-20(18(26)12-16)33-17-7-4-15(25)5-8-17/h3-12,23,30H,2,13H2,1H3,(H2,27,28,34). The van der Waals surface area contributed by atoms with E-state index in [1.807, 2.05) is 6.92 Å². The van der Waals surface area contributed by atoms with Gasteiger partial charge in [0.2, 0.25) is 0 Å². The summed E-state index contributed by atoms with van der Waals surface area (Å²) in [6, 6.07) is 17.1. The van der Waals surface area contributed by atoms with Crippen LogP contribution in [-0.4, -0.2) is 33.5 Å². The Balaban J connectivity index is 1.42. The number of thioether (sulfide) groups is 1. The van der Waals surface area contributed by atoms with E-state index in [9.17, 15) is 9.90 Å². The van der Waals surface area contributed by atoms with Gasteiger partial charge in [-0.2, -0.15) is 0 Å². The van der Waals surface area contributed by atoms with Gasteiger partial charge in [-0.3, -0.25) is 10.2 Å². The van der Waals surface area contributed by atoms with Crippen LogP contribution in [0.15, 0.2) is 60.7 Å². The Hall–Kier alpha value is -2.85. The zero-order valence-corrected chi connectivity index (χ0v) is 21.6. The maximum absolute atomic E-state index is 12.5. The number of phenolic OH excluding ortho intramolecular Hbond substituents is 1. The van der Waals surface area contributed by atoms with Crippen molar-refractivity contribution in [1.82, 2.24) is 10.4 Å². The maximum atomic E-state index is 12.5. The minimum absolute atomic E-state index is 0.0435. The molecule has 11 heteroatoms. The van der Waals surface area contributed by atoms with Gasteiger partial charge in [-0.15, -0.1) is 11.8 Å². The van der Waals surface area contributed by atoms with Crippen molar-refractivity contribution in [3.05, 3.63) is 76.3 Å². The van der Waals surface area contributed by atoms with E-state index in [2.05, 4.69) is 10.7 Å². The van der Waals surface area contributed by atoms with Crippen LogP contribution in [-0.2, 0) is 4.79 Å². The van der Waals surface area contributed by atoms with Crippen molar-refractivity contribution in [2.45, 2.75) is 12.3 Å². The number of rotatable bonds is 7. The third-order valence-electron chi connectivity index (χ3n) is 4.89. The van der Waals surface area contributed by atoms with Gasteiger partial charge in [0.1, 0.15) is 16.9 Å².